The van der Waals surface area contributed by atoms with Crippen LogP contribution in [0.1, 0.15) is 0 Å². The van der Waals surface area contributed by atoms with E-state index in [2.05, 4.69) is 36.2 Å². The molecule has 5 rings (SSSR count). The topological polar surface area (TPSA) is 105 Å². The number of hydrogen-bond acceptors (Lipinski definition) is 6. The Labute approximate surface area is 176 Å². The lowest BCUT2D eigenvalue weighted by Crippen LogP contribution is -2.08. The molecule has 5 aromatic rings. The summed E-state index contributed by atoms with van der Waals surface area (Å²) in [5.41, 5.74) is 1.11. The highest BCUT2D eigenvalue weighted by atomic mass is 79.9. The summed E-state index contributed by atoms with van der Waals surface area (Å²) in [6.07, 6.45) is 1.51. The molecule has 0 amide bonds. The van der Waals surface area contributed by atoms with Gasteiger partial charge in [-0.3, -0.25) is 9.89 Å². The molecule has 0 atom stereocenters. The largest absolute Gasteiger partial charge is 0.422 e. The van der Waals surface area contributed by atoms with Crippen molar-refractivity contribution in [3.8, 4) is 11.3 Å². The third-order valence-electron chi connectivity index (χ3n) is 4.53. The molecule has 0 fully saturated rings. The Morgan fingerprint density at radius 2 is 1.80 bits per heavy atom. The van der Waals surface area contributed by atoms with Gasteiger partial charge < -0.3 is 4.42 Å². The van der Waals surface area contributed by atoms with Crippen LogP contribution in [0.4, 0.5) is 11.4 Å². The number of benzene rings is 2. The van der Waals surface area contributed by atoms with Crippen LogP contribution in [0.2, 0.25) is 0 Å². The van der Waals surface area contributed by atoms with Crippen LogP contribution in [-0.4, -0.2) is 14.6 Å². The fraction of sp³-hybridized carbons (Fsp3) is 0. The molecule has 2 aromatic carbocycles. The maximum atomic E-state index is 12.6. The first-order valence-electron chi connectivity index (χ1n) is 8.90. The zero-order valence-corrected chi connectivity index (χ0v) is 16.8. The first kappa shape index (κ1) is 18.2. The van der Waals surface area contributed by atoms with Gasteiger partial charge in [-0.05, 0) is 42.5 Å². The third-order valence-corrected chi connectivity index (χ3v) is 5.06. The van der Waals surface area contributed by atoms with Crippen LogP contribution in [0.15, 0.2) is 95.6 Å². The van der Waals surface area contributed by atoms with Crippen molar-refractivity contribution >= 4 is 43.9 Å². The molecule has 146 valence electrons. The Kier molecular flexibility index (Phi) is 4.36. The fourth-order valence-corrected chi connectivity index (χ4v) is 3.38. The lowest BCUT2D eigenvalue weighted by Gasteiger charge is -2.05. The molecule has 0 unspecified atom stereocenters. The summed E-state index contributed by atoms with van der Waals surface area (Å²) in [5.74, 6) is 0. The van der Waals surface area contributed by atoms with E-state index in [9.17, 15) is 9.59 Å². The van der Waals surface area contributed by atoms with Gasteiger partial charge in [-0.1, -0.05) is 34.1 Å². The first-order valence-corrected chi connectivity index (χ1v) is 9.70. The molecule has 0 saturated carbocycles. The van der Waals surface area contributed by atoms with Gasteiger partial charge in [-0.15, -0.1) is 5.11 Å². The number of aromatic nitrogens is 3. The van der Waals surface area contributed by atoms with Crippen LogP contribution in [0, 0.1) is 0 Å². The molecule has 0 aliphatic rings. The molecule has 0 aliphatic heterocycles. The van der Waals surface area contributed by atoms with Crippen LogP contribution in [-0.2, 0) is 0 Å². The van der Waals surface area contributed by atoms with Gasteiger partial charge in [-0.2, -0.15) is 5.11 Å². The van der Waals surface area contributed by atoms with Crippen molar-refractivity contribution in [3.63, 3.8) is 0 Å². The monoisotopic (exact) mass is 461 g/mol. The van der Waals surface area contributed by atoms with Gasteiger partial charge in [0.2, 0.25) is 0 Å². The minimum atomic E-state index is -0.520. The highest BCUT2D eigenvalue weighted by Gasteiger charge is 2.16. The summed E-state index contributed by atoms with van der Waals surface area (Å²) >= 11 is 3.36. The molecule has 0 bridgehead atoms. The summed E-state index contributed by atoms with van der Waals surface area (Å²) in [7, 11) is 0. The van der Waals surface area contributed by atoms with Gasteiger partial charge in [0.15, 0.2) is 11.3 Å². The molecule has 0 spiro atoms. The number of nitrogens with one attached hydrogen (secondary N) is 1. The van der Waals surface area contributed by atoms with Crippen molar-refractivity contribution in [2.75, 3.05) is 0 Å². The van der Waals surface area contributed by atoms with Gasteiger partial charge >= 0.3 is 5.63 Å². The standard InChI is InChI=1S/C21H12BrN5O3/c22-13-5-7-14(8-6-13)24-25-18-19-23-10-9-16(27(19)26-20(18)28)15-11-12-3-1-2-4-17(12)30-21(15)29/h1-11H,(H,26,28). The Bertz CT molecular complexity index is 1550. The van der Waals surface area contributed by atoms with Crippen LogP contribution in [0.3, 0.4) is 0 Å². The molecule has 0 aliphatic carbocycles. The lowest BCUT2D eigenvalue weighted by atomic mass is 10.1. The molecule has 0 radical (unpaired) electrons. The van der Waals surface area contributed by atoms with E-state index in [0.29, 0.717) is 22.5 Å². The molecular formula is C21H12BrN5O3. The molecule has 30 heavy (non-hydrogen) atoms. The predicted octanol–water partition coefficient (Wildman–Crippen LogP) is 4.97. The molecule has 8 nitrogen and oxygen atoms in total. The fourth-order valence-electron chi connectivity index (χ4n) is 3.12. The summed E-state index contributed by atoms with van der Waals surface area (Å²) in [5, 5.41) is 11.6. The predicted molar refractivity (Wildman–Crippen MR) is 116 cm³/mol. The number of halogens is 1. The minimum absolute atomic E-state index is 0.0462. The van der Waals surface area contributed by atoms with Crippen molar-refractivity contribution in [1.82, 2.24) is 14.6 Å². The number of fused-ring (bicyclic) bond motifs is 2. The lowest BCUT2D eigenvalue weighted by molar-refractivity contribution is 0.562. The normalized spacial score (nSPS) is 11.6. The summed E-state index contributed by atoms with van der Waals surface area (Å²) in [6.45, 7) is 0. The van der Waals surface area contributed by atoms with Crippen LogP contribution in [0.25, 0.3) is 27.9 Å². The highest BCUT2D eigenvalue weighted by Crippen LogP contribution is 2.25. The van der Waals surface area contributed by atoms with E-state index < -0.39 is 11.2 Å². The van der Waals surface area contributed by atoms with Crippen molar-refractivity contribution < 1.29 is 4.42 Å². The number of rotatable bonds is 3. The summed E-state index contributed by atoms with van der Waals surface area (Å²) in [6, 6.07) is 17.7. The number of aromatic amines is 1. The quantitative estimate of drug-likeness (QED) is 0.302. The van der Waals surface area contributed by atoms with E-state index in [-0.39, 0.29) is 11.3 Å². The maximum absolute atomic E-state index is 12.6. The molecular weight excluding hydrogens is 450 g/mol. The Hall–Kier alpha value is -3.85. The third kappa shape index (κ3) is 3.15. The second-order valence-electron chi connectivity index (χ2n) is 6.44. The molecule has 3 aromatic heterocycles. The zero-order chi connectivity index (χ0) is 20.7. The number of nitrogens with zero attached hydrogens (tertiary/aromatic N) is 4. The van der Waals surface area contributed by atoms with Crippen molar-refractivity contribution in [1.29, 1.82) is 0 Å². The van der Waals surface area contributed by atoms with Crippen molar-refractivity contribution in [3.05, 3.63) is 92.1 Å². The summed E-state index contributed by atoms with van der Waals surface area (Å²) < 4.78 is 7.75. The van der Waals surface area contributed by atoms with E-state index >= 15 is 0 Å². The zero-order valence-electron chi connectivity index (χ0n) is 15.2. The van der Waals surface area contributed by atoms with Gasteiger partial charge in [-0.25, -0.2) is 14.3 Å². The second-order valence-corrected chi connectivity index (χ2v) is 7.36. The van der Waals surface area contributed by atoms with Gasteiger partial charge in [0, 0.05) is 16.1 Å². The number of H-pyrrole nitrogens is 1. The van der Waals surface area contributed by atoms with Crippen LogP contribution < -0.4 is 11.2 Å². The Morgan fingerprint density at radius 1 is 1.00 bits per heavy atom. The second kappa shape index (κ2) is 7.20. The van der Waals surface area contributed by atoms with Crippen molar-refractivity contribution in [2.24, 2.45) is 10.2 Å². The number of hydrogen-bond donors (Lipinski definition) is 1. The first-order chi connectivity index (χ1) is 14.6. The van der Waals surface area contributed by atoms with Crippen LogP contribution in [0.5, 0.6) is 0 Å². The maximum Gasteiger partial charge on any atom is 0.345 e. The van der Waals surface area contributed by atoms with Crippen LogP contribution >= 0.6 is 15.9 Å². The van der Waals surface area contributed by atoms with E-state index in [1.165, 1.54) is 10.7 Å². The highest BCUT2D eigenvalue weighted by molar-refractivity contribution is 9.10. The number of para-hydroxylation sites is 1. The van der Waals surface area contributed by atoms with Gasteiger partial charge in [0.1, 0.15) is 5.58 Å². The Morgan fingerprint density at radius 3 is 2.63 bits per heavy atom. The van der Waals surface area contributed by atoms with Gasteiger partial charge in [0.25, 0.3) is 5.56 Å². The van der Waals surface area contributed by atoms with E-state index in [1.54, 1.807) is 36.4 Å². The smallest absolute Gasteiger partial charge is 0.345 e. The molecule has 3 heterocycles. The molecule has 0 saturated heterocycles. The van der Waals surface area contributed by atoms with Gasteiger partial charge in [0.05, 0.1) is 16.9 Å². The summed E-state index contributed by atoms with van der Waals surface area (Å²) in [4.78, 5) is 29.3. The minimum Gasteiger partial charge on any atom is -0.422 e. The van der Waals surface area contributed by atoms with E-state index in [4.69, 9.17) is 4.42 Å². The molecule has 1 N–H and O–H groups in total. The average Bonchev–Trinajstić information content (AvgIpc) is 3.08. The average molecular weight is 462 g/mol. The van der Waals surface area contributed by atoms with Crippen molar-refractivity contribution in [2.45, 2.75) is 0 Å². The van der Waals surface area contributed by atoms with E-state index in [1.807, 2.05) is 24.3 Å². The van der Waals surface area contributed by atoms with E-state index in [0.717, 1.165) is 9.86 Å². The molecule has 9 heteroatoms. The SMILES string of the molecule is O=c1[nH]n2c(-c3cc4ccccc4oc3=O)ccnc2c1N=Nc1ccc(Br)cc1. The Balaban J connectivity index is 1.67. The number of azo groups is 1.